The second kappa shape index (κ2) is 10.9. The molecular formula is C29H28N4O2S. The van der Waals surface area contributed by atoms with Crippen molar-refractivity contribution >= 4 is 35.0 Å². The second-order valence-electron chi connectivity index (χ2n) is 9.00. The standard InChI is InChI=1S/C29H28N4O2S/c30-20-22-10-12-24(13-11-22)31-15-5-16-32(19-18-31)29(35)25-7-2-4-9-27(25)36-21-28(34)33-17-14-23-6-1-3-8-26(23)33/h1-4,6-13H,5,14-19,21H2. The van der Waals surface area contributed by atoms with Crippen LogP contribution in [-0.4, -0.2) is 55.2 Å². The maximum absolute atomic E-state index is 13.5. The first-order chi connectivity index (χ1) is 17.6. The van der Waals surface area contributed by atoms with E-state index in [9.17, 15) is 9.59 Å². The number of amides is 2. The highest BCUT2D eigenvalue weighted by Gasteiger charge is 2.26. The molecule has 1 fully saturated rings. The monoisotopic (exact) mass is 496 g/mol. The summed E-state index contributed by atoms with van der Waals surface area (Å²) in [7, 11) is 0. The van der Waals surface area contributed by atoms with Crippen molar-refractivity contribution in [1.82, 2.24) is 4.90 Å². The van der Waals surface area contributed by atoms with Crippen LogP contribution < -0.4 is 9.80 Å². The van der Waals surface area contributed by atoms with Gasteiger partial charge >= 0.3 is 0 Å². The van der Waals surface area contributed by atoms with E-state index in [-0.39, 0.29) is 11.8 Å². The number of hydrogen-bond donors (Lipinski definition) is 0. The van der Waals surface area contributed by atoms with Gasteiger partial charge in [-0.1, -0.05) is 30.3 Å². The Kier molecular flexibility index (Phi) is 7.24. The van der Waals surface area contributed by atoms with Gasteiger partial charge in [0.05, 0.1) is 22.9 Å². The lowest BCUT2D eigenvalue weighted by Crippen LogP contribution is -2.35. The molecule has 6 nitrogen and oxygen atoms in total. The van der Waals surface area contributed by atoms with E-state index in [1.807, 2.05) is 76.5 Å². The summed E-state index contributed by atoms with van der Waals surface area (Å²) in [5, 5.41) is 9.04. The number of anilines is 2. The Bertz CT molecular complexity index is 1300. The number of benzene rings is 3. The largest absolute Gasteiger partial charge is 0.370 e. The van der Waals surface area contributed by atoms with Crippen LogP contribution in [0.4, 0.5) is 11.4 Å². The number of para-hydroxylation sites is 1. The van der Waals surface area contributed by atoms with Gasteiger partial charge in [0, 0.05) is 49.0 Å². The lowest BCUT2D eigenvalue weighted by molar-refractivity contribution is -0.116. The average Bonchev–Trinajstić information content (AvgIpc) is 3.21. The molecule has 3 aromatic carbocycles. The van der Waals surface area contributed by atoms with Crippen molar-refractivity contribution < 1.29 is 9.59 Å². The highest BCUT2D eigenvalue weighted by molar-refractivity contribution is 8.00. The maximum atomic E-state index is 13.5. The molecule has 0 saturated carbocycles. The van der Waals surface area contributed by atoms with Crippen LogP contribution in [0.2, 0.25) is 0 Å². The summed E-state index contributed by atoms with van der Waals surface area (Å²) in [4.78, 5) is 33.4. The van der Waals surface area contributed by atoms with Crippen LogP contribution in [0, 0.1) is 11.3 Å². The fraction of sp³-hybridized carbons (Fsp3) is 0.276. The van der Waals surface area contributed by atoms with Gasteiger partial charge in [-0.15, -0.1) is 11.8 Å². The van der Waals surface area contributed by atoms with Crippen molar-refractivity contribution in [2.45, 2.75) is 17.7 Å². The SMILES string of the molecule is N#Cc1ccc(N2CCCN(C(=O)c3ccccc3SCC(=O)N3CCc4ccccc43)CC2)cc1. The highest BCUT2D eigenvalue weighted by atomic mass is 32.2. The third-order valence-electron chi connectivity index (χ3n) is 6.80. The van der Waals surface area contributed by atoms with E-state index in [1.54, 1.807) is 0 Å². The average molecular weight is 497 g/mol. The zero-order valence-electron chi connectivity index (χ0n) is 20.1. The Labute approximate surface area is 216 Å². The zero-order valence-corrected chi connectivity index (χ0v) is 20.9. The second-order valence-corrected chi connectivity index (χ2v) is 10.0. The van der Waals surface area contributed by atoms with Gasteiger partial charge in [-0.3, -0.25) is 9.59 Å². The van der Waals surface area contributed by atoms with Crippen molar-refractivity contribution in [2.24, 2.45) is 0 Å². The van der Waals surface area contributed by atoms with Crippen LogP contribution in [0.15, 0.2) is 77.7 Å². The van der Waals surface area contributed by atoms with Crippen LogP contribution in [0.25, 0.3) is 0 Å². The molecule has 2 amide bonds. The number of thioether (sulfide) groups is 1. The van der Waals surface area contributed by atoms with Crippen molar-refractivity contribution in [3.8, 4) is 6.07 Å². The highest BCUT2D eigenvalue weighted by Crippen LogP contribution is 2.30. The minimum absolute atomic E-state index is 0.0127. The molecule has 2 aliphatic rings. The van der Waals surface area contributed by atoms with E-state index in [0.29, 0.717) is 36.5 Å². The summed E-state index contributed by atoms with van der Waals surface area (Å²) in [6.07, 6.45) is 1.75. The maximum Gasteiger partial charge on any atom is 0.255 e. The van der Waals surface area contributed by atoms with Crippen molar-refractivity contribution in [3.63, 3.8) is 0 Å². The van der Waals surface area contributed by atoms with Gasteiger partial charge in [-0.2, -0.15) is 5.26 Å². The van der Waals surface area contributed by atoms with E-state index >= 15 is 0 Å². The first-order valence-electron chi connectivity index (χ1n) is 12.3. The number of carbonyl (C=O) groups excluding carboxylic acids is 2. The quantitative estimate of drug-likeness (QED) is 0.483. The number of rotatable bonds is 5. The number of nitrogens with zero attached hydrogens (tertiary/aromatic N) is 4. The Morgan fingerprint density at radius 2 is 1.64 bits per heavy atom. The fourth-order valence-corrected chi connectivity index (χ4v) is 5.80. The number of fused-ring (bicyclic) bond motifs is 1. The number of carbonyl (C=O) groups is 2. The molecule has 2 heterocycles. The number of hydrogen-bond acceptors (Lipinski definition) is 5. The molecular weight excluding hydrogens is 468 g/mol. The topological polar surface area (TPSA) is 67.6 Å². The molecule has 0 unspecified atom stereocenters. The van der Waals surface area contributed by atoms with Gasteiger partial charge in [0.2, 0.25) is 5.91 Å². The first-order valence-corrected chi connectivity index (χ1v) is 13.3. The van der Waals surface area contributed by atoms with Crippen molar-refractivity contribution in [3.05, 3.63) is 89.5 Å². The van der Waals surface area contributed by atoms with Crippen LogP contribution in [0.3, 0.4) is 0 Å². The smallest absolute Gasteiger partial charge is 0.255 e. The minimum Gasteiger partial charge on any atom is -0.370 e. The van der Waals surface area contributed by atoms with E-state index in [1.165, 1.54) is 17.3 Å². The van der Waals surface area contributed by atoms with Gasteiger partial charge in [0.25, 0.3) is 5.91 Å². The summed E-state index contributed by atoms with van der Waals surface area (Å²) >= 11 is 1.44. The van der Waals surface area contributed by atoms with E-state index in [4.69, 9.17) is 5.26 Å². The predicted molar refractivity (Wildman–Crippen MR) is 144 cm³/mol. The minimum atomic E-state index is 0.0127. The van der Waals surface area contributed by atoms with E-state index < -0.39 is 0 Å². The lowest BCUT2D eigenvalue weighted by atomic mass is 10.2. The Hall–Kier alpha value is -3.76. The van der Waals surface area contributed by atoms with Gasteiger partial charge < -0.3 is 14.7 Å². The predicted octanol–water partition coefficient (Wildman–Crippen LogP) is 4.59. The lowest BCUT2D eigenvalue weighted by Gasteiger charge is -2.24. The fourth-order valence-electron chi connectivity index (χ4n) is 4.88. The molecule has 0 radical (unpaired) electrons. The molecule has 5 rings (SSSR count). The third kappa shape index (κ3) is 5.09. The van der Waals surface area contributed by atoms with Crippen LogP contribution in [0.1, 0.15) is 27.9 Å². The molecule has 182 valence electrons. The van der Waals surface area contributed by atoms with Gasteiger partial charge in [0.1, 0.15) is 0 Å². The van der Waals surface area contributed by atoms with Gasteiger partial charge in [0.15, 0.2) is 0 Å². The zero-order chi connectivity index (χ0) is 24.9. The Morgan fingerprint density at radius 3 is 2.47 bits per heavy atom. The molecule has 3 aromatic rings. The molecule has 1 saturated heterocycles. The number of nitriles is 1. The van der Waals surface area contributed by atoms with Crippen molar-refractivity contribution in [1.29, 1.82) is 5.26 Å². The summed E-state index contributed by atoms with van der Waals surface area (Å²) in [6.45, 7) is 3.62. The van der Waals surface area contributed by atoms with E-state index in [0.717, 1.165) is 42.2 Å². The molecule has 0 aliphatic carbocycles. The molecule has 0 bridgehead atoms. The van der Waals surface area contributed by atoms with Crippen LogP contribution in [-0.2, 0) is 11.2 Å². The molecule has 0 spiro atoms. The van der Waals surface area contributed by atoms with Gasteiger partial charge in [-0.05, 0) is 60.9 Å². The summed E-state index contributed by atoms with van der Waals surface area (Å²) in [5.41, 5.74) is 4.59. The molecule has 2 aliphatic heterocycles. The Morgan fingerprint density at radius 1 is 0.861 bits per heavy atom. The molecule has 0 aromatic heterocycles. The first kappa shape index (κ1) is 24.0. The summed E-state index contributed by atoms with van der Waals surface area (Å²) in [5.74, 6) is 0.379. The van der Waals surface area contributed by atoms with Crippen LogP contribution >= 0.6 is 11.8 Å². The molecule has 36 heavy (non-hydrogen) atoms. The Balaban J connectivity index is 1.23. The summed E-state index contributed by atoms with van der Waals surface area (Å²) in [6, 6.07) is 25.4. The summed E-state index contributed by atoms with van der Waals surface area (Å²) < 4.78 is 0. The van der Waals surface area contributed by atoms with Gasteiger partial charge in [-0.25, -0.2) is 0 Å². The van der Waals surface area contributed by atoms with E-state index in [2.05, 4.69) is 17.0 Å². The normalized spacial score (nSPS) is 15.2. The molecule has 7 heteroatoms. The molecule has 0 N–H and O–H groups in total. The third-order valence-corrected chi connectivity index (χ3v) is 7.86. The van der Waals surface area contributed by atoms with Crippen molar-refractivity contribution in [2.75, 3.05) is 48.3 Å². The van der Waals surface area contributed by atoms with Crippen LogP contribution in [0.5, 0.6) is 0 Å². The molecule has 0 atom stereocenters.